The number of benzene rings is 1. The van der Waals surface area contributed by atoms with E-state index in [1.165, 1.54) is 0 Å². The van der Waals surface area contributed by atoms with E-state index >= 15 is 0 Å². The SMILES string of the molecule is NC(=O)CC[C@H](N)C1=NC2(c3ccccc3Cl)CCCC(O1)C2=O. The van der Waals surface area contributed by atoms with E-state index in [9.17, 15) is 9.59 Å². The molecule has 2 unspecified atom stereocenters. The molecule has 1 aromatic carbocycles. The Kier molecular flexibility index (Phi) is 4.60. The first-order chi connectivity index (χ1) is 11.4. The summed E-state index contributed by atoms with van der Waals surface area (Å²) in [5.74, 6) is -0.202. The molecule has 1 fully saturated rings. The lowest BCUT2D eigenvalue weighted by Gasteiger charge is -2.42. The molecule has 0 spiro atoms. The maximum Gasteiger partial charge on any atom is 0.217 e. The van der Waals surface area contributed by atoms with Crippen LogP contribution in [0.3, 0.4) is 0 Å². The first-order valence-electron chi connectivity index (χ1n) is 8.03. The molecule has 1 saturated carbocycles. The Bertz CT molecular complexity index is 706. The second-order valence-electron chi connectivity index (χ2n) is 6.26. The van der Waals surface area contributed by atoms with Gasteiger partial charge in [-0.15, -0.1) is 0 Å². The van der Waals surface area contributed by atoms with Crippen LogP contribution in [0.15, 0.2) is 29.3 Å². The van der Waals surface area contributed by atoms with Gasteiger partial charge in [0.15, 0.2) is 11.6 Å². The van der Waals surface area contributed by atoms with Gasteiger partial charge in [0.1, 0.15) is 0 Å². The number of aliphatic imine (C=N–C) groups is 1. The van der Waals surface area contributed by atoms with Crippen molar-refractivity contribution in [3.63, 3.8) is 0 Å². The number of hydrogen-bond acceptors (Lipinski definition) is 5. The van der Waals surface area contributed by atoms with Crippen LogP contribution < -0.4 is 11.5 Å². The number of amides is 1. The van der Waals surface area contributed by atoms with Gasteiger partial charge in [-0.25, -0.2) is 4.99 Å². The van der Waals surface area contributed by atoms with E-state index in [4.69, 9.17) is 27.8 Å². The van der Waals surface area contributed by atoms with Crippen molar-refractivity contribution in [2.24, 2.45) is 16.5 Å². The van der Waals surface area contributed by atoms with Crippen LogP contribution in [0.25, 0.3) is 0 Å². The molecule has 1 heterocycles. The van der Waals surface area contributed by atoms with E-state index in [1.54, 1.807) is 6.07 Å². The molecule has 0 radical (unpaired) electrons. The van der Waals surface area contributed by atoms with Crippen LogP contribution in [0.5, 0.6) is 0 Å². The third kappa shape index (κ3) is 2.91. The van der Waals surface area contributed by atoms with Crippen molar-refractivity contribution < 1.29 is 14.3 Å². The van der Waals surface area contributed by atoms with Crippen molar-refractivity contribution >= 4 is 29.2 Å². The summed E-state index contributed by atoms with van der Waals surface area (Å²) in [6, 6.07) is 6.65. The fourth-order valence-electron chi connectivity index (χ4n) is 3.36. The van der Waals surface area contributed by atoms with Crippen molar-refractivity contribution in [2.75, 3.05) is 0 Å². The number of ketones is 1. The molecule has 24 heavy (non-hydrogen) atoms. The van der Waals surface area contributed by atoms with Crippen LogP contribution in [0.2, 0.25) is 5.02 Å². The molecule has 2 bridgehead atoms. The molecular weight excluding hydrogens is 330 g/mol. The molecule has 0 saturated heterocycles. The fraction of sp³-hybridized carbons (Fsp3) is 0.471. The average molecular weight is 350 g/mol. The van der Waals surface area contributed by atoms with Crippen molar-refractivity contribution in [3.05, 3.63) is 34.9 Å². The highest BCUT2D eigenvalue weighted by atomic mass is 35.5. The van der Waals surface area contributed by atoms with Gasteiger partial charge in [0.25, 0.3) is 0 Å². The lowest BCUT2D eigenvalue weighted by molar-refractivity contribution is -0.137. The van der Waals surface area contributed by atoms with Gasteiger partial charge in [0.05, 0.1) is 6.04 Å². The summed E-state index contributed by atoms with van der Waals surface area (Å²) in [7, 11) is 0. The van der Waals surface area contributed by atoms with Crippen LogP contribution >= 0.6 is 11.6 Å². The molecule has 1 aliphatic heterocycles. The molecule has 4 N–H and O–H groups in total. The third-order valence-electron chi connectivity index (χ3n) is 4.61. The first-order valence-corrected chi connectivity index (χ1v) is 8.41. The lowest BCUT2D eigenvalue weighted by Crippen LogP contribution is -2.54. The van der Waals surface area contributed by atoms with Gasteiger partial charge in [0.2, 0.25) is 17.6 Å². The number of fused-ring (bicyclic) bond motifs is 2. The van der Waals surface area contributed by atoms with Crippen molar-refractivity contribution in [3.8, 4) is 0 Å². The van der Waals surface area contributed by atoms with Gasteiger partial charge in [-0.05, 0) is 31.7 Å². The van der Waals surface area contributed by atoms with Crippen LogP contribution in [0.4, 0.5) is 0 Å². The monoisotopic (exact) mass is 349 g/mol. The summed E-state index contributed by atoms with van der Waals surface area (Å²) in [4.78, 5) is 28.5. The third-order valence-corrected chi connectivity index (χ3v) is 4.94. The molecule has 7 heteroatoms. The average Bonchev–Trinajstić information content (AvgIpc) is 2.53. The van der Waals surface area contributed by atoms with E-state index in [2.05, 4.69) is 4.99 Å². The second-order valence-corrected chi connectivity index (χ2v) is 6.67. The number of Topliss-reactive ketones (excluding diaryl/α,β-unsaturated/α-hetero) is 1. The van der Waals surface area contributed by atoms with E-state index in [0.29, 0.717) is 35.7 Å². The number of carbonyl (C=O) groups is 2. The van der Waals surface area contributed by atoms with Crippen LogP contribution in [0.1, 0.15) is 37.7 Å². The van der Waals surface area contributed by atoms with E-state index < -0.39 is 23.6 Å². The summed E-state index contributed by atoms with van der Waals surface area (Å²) < 4.78 is 5.73. The standard InChI is InChI=1S/C17H20ClN3O3/c18-11-5-2-1-4-10(11)17-9-3-6-13(15(17)23)24-16(21-17)12(19)7-8-14(20)22/h1-2,4-5,12-13H,3,6-9,19H2,(H2,20,22)/t12-,13?,17?/m0/s1. The predicted molar refractivity (Wildman–Crippen MR) is 90.7 cm³/mol. The van der Waals surface area contributed by atoms with Crippen molar-refractivity contribution in [2.45, 2.75) is 49.8 Å². The van der Waals surface area contributed by atoms with Crippen molar-refractivity contribution in [1.82, 2.24) is 0 Å². The quantitative estimate of drug-likeness (QED) is 0.842. The Morgan fingerprint density at radius 3 is 2.92 bits per heavy atom. The largest absolute Gasteiger partial charge is 0.468 e. The number of nitrogens with zero attached hydrogens (tertiary/aromatic N) is 1. The molecule has 128 valence electrons. The highest BCUT2D eigenvalue weighted by Crippen LogP contribution is 2.44. The number of nitrogens with two attached hydrogens (primary N) is 2. The molecule has 1 aliphatic carbocycles. The minimum atomic E-state index is -1.04. The van der Waals surface area contributed by atoms with Crippen molar-refractivity contribution in [1.29, 1.82) is 0 Å². The number of primary amides is 1. The zero-order valence-corrected chi connectivity index (χ0v) is 14.0. The molecule has 6 nitrogen and oxygen atoms in total. The van der Waals surface area contributed by atoms with E-state index in [0.717, 1.165) is 6.42 Å². The van der Waals surface area contributed by atoms with Crippen LogP contribution in [-0.4, -0.2) is 29.7 Å². The summed E-state index contributed by atoms with van der Waals surface area (Å²) in [5.41, 5.74) is 10.9. The van der Waals surface area contributed by atoms with Gasteiger partial charge < -0.3 is 16.2 Å². The summed E-state index contributed by atoms with van der Waals surface area (Å²) in [6.07, 6.45) is 1.92. The van der Waals surface area contributed by atoms with Crippen LogP contribution in [0, 0.1) is 0 Å². The topological polar surface area (TPSA) is 108 Å². The predicted octanol–water partition coefficient (Wildman–Crippen LogP) is 1.68. The molecule has 3 atom stereocenters. The number of rotatable bonds is 5. The molecule has 0 aromatic heterocycles. The number of carbonyl (C=O) groups excluding carboxylic acids is 2. The number of hydrogen-bond donors (Lipinski definition) is 2. The molecule has 2 aliphatic rings. The summed E-state index contributed by atoms with van der Waals surface area (Å²) in [6.45, 7) is 0. The Labute approximate surface area is 145 Å². The molecular formula is C17H20ClN3O3. The maximum atomic E-state index is 12.9. The Hall–Kier alpha value is -1.92. The van der Waals surface area contributed by atoms with E-state index in [1.807, 2.05) is 18.2 Å². The minimum absolute atomic E-state index is 0.0762. The fourth-order valence-corrected chi connectivity index (χ4v) is 3.66. The highest BCUT2D eigenvalue weighted by Gasteiger charge is 2.52. The van der Waals surface area contributed by atoms with Gasteiger partial charge in [-0.2, -0.15) is 0 Å². The smallest absolute Gasteiger partial charge is 0.217 e. The lowest BCUT2D eigenvalue weighted by atomic mass is 9.73. The summed E-state index contributed by atoms with van der Waals surface area (Å²) in [5, 5.41) is 0.502. The number of ether oxygens (including phenoxy) is 1. The molecule has 1 amide bonds. The first kappa shape index (κ1) is 16.9. The highest BCUT2D eigenvalue weighted by molar-refractivity contribution is 6.32. The van der Waals surface area contributed by atoms with Crippen LogP contribution in [-0.2, 0) is 19.9 Å². The zero-order valence-electron chi connectivity index (χ0n) is 13.2. The van der Waals surface area contributed by atoms with Gasteiger partial charge in [0, 0.05) is 17.0 Å². The van der Waals surface area contributed by atoms with Gasteiger partial charge in [-0.3, -0.25) is 9.59 Å². The molecule has 1 aromatic rings. The Morgan fingerprint density at radius 1 is 1.46 bits per heavy atom. The normalized spacial score (nSPS) is 27.2. The molecule has 3 rings (SSSR count). The minimum Gasteiger partial charge on any atom is -0.468 e. The van der Waals surface area contributed by atoms with Gasteiger partial charge >= 0.3 is 0 Å². The number of halogens is 1. The Balaban J connectivity index is 2.01. The second kappa shape index (κ2) is 6.53. The van der Waals surface area contributed by atoms with Gasteiger partial charge in [-0.1, -0.05) is 29.8 Å². The maximum absolute atomic E-state index is 12.9. The summed E-state index contributed by atoms with van der Waals surface area (Å²) >= 11 is 6.34. The zero-order chi connectivity index (χ0) is 17.3. The van der Waals surface area contributed by atoms with E-state index in [-0.39, 0.29) is 12.2 Å². The Morgan fingerprint density at radius 2 is 2.21 bits per heavy atom.